The first-order valence-electron chi connectivity index (χ1n) is 5.56. The SMILES string of the molecule is Cc1[nH]c2ccc(Br)cc2c1CCCC(=O)O. The van der Waals surface area contributed by atoms with Crippen LogP contribution in [-0.2, 0) is 11.2 Å². The maximum Gasteiger partial charge on any atom is 0.303 e. The Balaban J connectivity index is 2.28. The molecule has 0 bridgehead atoms. The minimum absolute atomic E-state index is 0.222. The van der Waals surface area contributed by atoms with Crippen LogP contribution in [0.3, 0.4) is 0 Å². The van der Waals surface area contributed by atoms with Crippen molar-refractivity contribution in [3.05, 3.63) is 33.9 Å². The van der Waals surface area contributed by atoms with Gasteiger partial charge in [0.1, 0.15) is 0 Å². The molecule has 0 radical (unpaired) electrons. The summed E-state index contributed by atoms with van der Waals surface area (Å²) in [6, 6.07) is 6.11. The summed E-state index contributed by atoms with van der Waals surface area (Å²) in [4.78, 5) is 13.8. The van der Waals surface area contributed by atoms with Gasteiger partial charge in [-0.3, -0.25) is 4.79 Å². The molecule has 0 unspecified atom stereocenters. The summed E-state index contributed by atoms with van der Waals surface area (Å²) in [5, 5.41) is 9.84. The minimum atomic E-state index is -0.733. The molecule has 0 spiro atoms. The molecule has 4 heteroatoms. The average molecular weight is 296 g/mol. The third-order valence-electron chi connectivity index (χ3n) is 2.90. The van der Waals surface area contributed by atoms with Gasteiger partial charge >= 0.3 is 5.97 Å². The van der Waals surface area contributed by atoms with Gasteiger partial charge in [0.2, 0.25) is 0 Å². The molecule has 3 nitrogen and oxygen atoms in total. The first-order chi connectivity index (χ1) is 8.08. The Kier molecular flexibility index (Phi) is 3.52. The summed E-state index contributed by atoms with van der Waals surface area (Å²) in [6.45, 7) is 2.03. The molecule has 0 amide bonds. The smallest absolute Gasteiger partial charge is 0.303 e. The number of H-pyrrole nitrogens is 1. The van der Waals surface area contributed by atoms with Crippen LogP contribution in [0.5, 0.6) is 0 Å². The molecule has 17 heavy (non-hydrogen) atoms. The summed E-state index contributed by atoms with van der Waals surface area (Å²) in [7, 11) is 0. The number of aliphatic carboxylic acids is 1. The van der Waals surface area contributed by atoms with Crippen LogP contribution in [-0.4, -0.2) is 16.1 Å². The summed E-state index contributed by atoms with van der Waals surface area (Å²) < 4.78 is 1.04. The molecule has 0 aliphatic rings. The second-order valence-electron chi connectivity index (χ2n) is 4.17. The van der Waals surface area contributed by atoms with E-state index in [9.17, 15) is 4.79 Å². The molecule has 0 aliphatic heterocycles. The van der Waals surface area contributed by atoms with E-state index in [-0.39, 0.29) is 6.42 Å². The highest BCUT2D eigenvalue weighted by Crippen LogP contribution is 2.26. The van der Waals surface area contributed by atoms with Gasteiger partial charge in [0, 0.05) is 27.5 Å². The number of carboxylic acids is 1. The number of aromatic amines is 1. The van der Waals surface area contributed by atoms with Crippen molar-refractivity contribution in [2.75, 3.05) is 0 Å². The van der Waals surface area contributed by atoms with Crippen molar-refractivity contribution in [3.8, 4) is 0 Å². The maximum absolute atomic E-state index is 10.5. The van der Waals surface area contributed by atoms with E-state index in [0.29, 0.717) is 6.42 Å². The topological polar surface area (TPSA) is 53.1 Å². The van der Waals surface area contributed by atoms with E-state index >= 15 is 0 Å². The van der Waals surface area contributed by atoms with Gasteiger partial charge in [-0.2, -0.15) is 0 Å². The van der Waals surface area contributed by atoms with Crippen molar-refractivity contribution < 1.29 is 9.90 Å². The standard InChI is InChI=1S/C13H14BrNO2/c1-8-10(3-2-4-13(16)17)11-7-9(14)5-6-12(11)15-8/h5-7,15H,2-4H2,1H3,(H,16,17). The minimum Gasteiger partial charge on any atom is -0.481 e. The van der Waals surface area contributed by atoms with Crippen molar-refractivity contribution in [2.24, 2.45) is 0 Å². The Morgan fingerprint density at radius 1 is 1.47 bits per heavy atom. The van der Waals surface area contributed by atoms with Crippen molar-refractivity contribution in [1.82, 2.24) is 4.98 Å². The first kappa shape index (κ1) is 12.2. The van der Waals surface area contributed by atoms with E-state index in [2.05, 4.69) is 27.0 Å². The highest BCUT2D eigenvalue weighted by Gasteiger charge is 2.09. The predicted molar refractivity (Wildman–Crippen MR) is 71.3 cm³/mol. The molecule has 0 saturated heterocycles. The molecule has 2 aromatic rings. The number of nitrogens with one attached hydrogen (secondary N) is 1. The summed E-state index contributed by atoms with van der Waals surface area (Å²) in [5.41, 5.74) is 3.46. The van der Waals surface area contributed by atoms with Crippen LogP contribution in [0.4, 0.5) is 0 Å². The molecular formula is C13H14BrNO2. The number of halogens is 1. The fourth-order valence-electron chi connectivity index (χ4n) is 2.09. The molecule has 0 atom stereocenters. The summed E-state index contributed by atoms with van der Waals surface area (Å²) in [6.07, 6.45) is 1.70. The second kappa shape index (κ2) is 4.92. The van der Waals surface area contributed by atoms with E-state index < -0.39 is 5.97 Å². The number of carbonyl (C=O) groups is 1. The molecule has 0 aliphatic carbocycles. The molecule has 90 valence electrons. The van der Waals surface area contributed by atoms with Gasteiger partial charge in [-0.05, 0) is 43.5 Å². The monoisotopic (exact) mass is 295 g/mol. The highest BCUT2D eigenvalue weighted by molar-refractivity contribution is 9.10. The zero-order valence-corrected chi connectivity index (χ0v) is 11.2. The van der Waals surface area contributed by atoms with Crippen LogP contribution in [0.25, 0.3) is 10.9 Å². The highest BCUT2D eigenvalue weighted by atomic mass is 79.9. The Morgan fingerprint density at radius 3 is 2.94 bits per heavy atom. The van der Waals surface area contributed by atoms with Crippen LogP contribution < -0.4 is 0 Å². The van der Waals surface area contributed by atoms with Gasteiger partial charge in [-0.1, -0.05) is 15.9 Å². The molecule has 0 saturated carbocycles. The van der Waals surface area contributed by atoms with Gasteiger partial charge < -0.3 is 10.1 Å². The Bertz CT molecular complexity index is 560. The van der Waals surface area contributed by atoms with E-state index in [4.69, 9.17) is 5.11 Å². The van der Waals surface area contributed by atoms with Crippen molar-refractivity contribution >= 4 is 32.8 Å². The lowest BCUT2D eigenvalue weighted by atomic mass is 10.0. The van der Waals surface area contributed by atoms with Crippen molar-refractivity contribution in [3.63, 3.8) is 0 Å². The number of benzene rings is 1. The number of hydrogen-bond acceptors (Lipinski definition) is 1. The zero-order chi connectivity index (χ0) is 12.4. The fraction of sp³-hybridized carbons (Fsp3) is 0.308. The van der Waals surface area contributed by atoms with E-state index in [1.54, 1.807) is 0 Å². The largest absolute Gasteiger partial charge is 0.481 e. The van der Waals surface area contributed by atoms with Crippen LogP contribution in [0, 0.1) is 6.92 Å². The zero-order valence-electron chi connectivity index (χ0n) is 9.59. The second-order valence-corrected chi connectivity index (χ2v) is 5.08. The van der Waals surface area contributed by atoms with E-state index in [1.807, 2.05) is 19.1 Å². The van der Waals surface area contributed by atoms with E-state index in [1.165, 1.54) is 10.9 Å². The summed E-state index contributed by atoms with van der Waals surface area (Å²) >= 11 is 3.46. The number of aryl methyl sites for hydroxylation is 2. The molecular weight excluding hydrogens is 282 g/mol. The number of aromatic nitrogens is 1. The van der Waals surface area contributed by atoms with Gasteiger partial charge in [0.15, 0.2) is 0 Å². The van der Waals surface area contributed by atoms with Gasteiger partial charge in [-0.25, -0.2) is 0 Å². The van der Waals surface area contributed by atoms with Gasteiger partial charge in [0.25, 0.3) is 0 Å². The molecule has 2 rings (SSSR count). The Labute approximate surface area is 108 Å². The number of fused-ring (bicyclic) bond motifs is 1. The van der Waals surface area contributed by atoms with Gasteiger partial charge in [0.05, 0.1) is 0 Å². The normalized spacial score (nSPS) is 10.9. The van der Waals surface area contributed by atoms with Crippen LogP contribution in [0.1, 0.15) is 24.1 Å². The lowest BCUT2D eigenvalue weighted by Gasteiger charge is -2.00. The third kappa shape index (κ3) is 2.69. The maximum atomic E-state index is 10.5. The first-order valence-corrected chi connectivity index (χ1v) is 6.35. The van der Waals surface area contributed by atoms with Crippen molar-refractivity contribution in [1.29, 1.82) is 0 Å². The predicted octanol–water partition coefficient (Wildman–Crippen LogP) is 3.65. The molecule has 1 aromatic carbocycles. The quantitative estimate of drug-likeness (QED) is 0.905. The Hall–Kier alpha value is -1.29. The van der Waals surface area contributed by atoms with Gasteiger partial charge in [-0.15, -0.1) is 0 Å². The fourth-order valence-corrected chi connectivity index (χ4v) is 2.45. The van der Waals surface area contributed by atoms with Crippen LogP contribution in [0.15, 0.2) is 22.7 Å². The molecule has 1 heterocycles. The number of rotatable bonds is 4. The van der Waals surface area contributed by atoms with Crippen LogP contribution >= 0.6 is 15.9 Å². The van der Waals surface area contributed by atoms with Crippen molar-refractivity contribution in [2.45, 2.75) is 26.2 Å². The number of hydrogen-bond donors (Lipinski definition) is 2. The number of carboxylic acid groups (broad SMARTS) is 1. The summed E-state index contributed by atoms with van der Waals surface area (Å²) in [5.74, 6) is -0.733. The third-order valence-corrected chi connectivity index (χ3v) is 3.39. The molecule has 1 aromatic heterocycles. The lowest BCUT2D eigenvalue weighted by molar-refractivity contribution is -0.137. The molecule has 0 fully saturated rings. The Morgan fingerprint density at radius 2 is 2.24 bits per heavy atom. The lowest BCUT2D eigenvalue weighted by Crippen LogP contribution is -1.96. The van der Waals surface area contributed by atoms with E-state index in [0.717, 1.165) is 22.1 Å². The van der Waals surface area contributed by atoms with Crippen LogP contribution in [0.2, 0.25) is 0 Å². The average Bonchev–Trinajstić information content (AvgIpc) is 2.55. The molecule has 2 N–H and O–H groups in total.